The Balaban J connectivity index is 1.95. The highest BCUT2D eigenvalue weighted by atomic mass is 32.2. The topological polar surface area (TPSA) is 66.8 Å². The number of rotatable bonds is 5. The van der Waals surface area contributed by atoms with Crippen LogP contribution < -0.4 is 4.74 Å². The van der Waals surface area contributed by atoms with Crippen molar-refractivity contribution in [1.29, 1.82) is 0 Å². The van der Waals surface area contributed by atoms with Crippen molar-refractivity contribution in [3.63, 3.8) is 0 Å². The average molecular weight is 317 g/mol. The van der Waals surface area contributed by atoms with E-state index in [1.165, 1.54) is 22.7 Å². The second-order valence-corrected chi connectivity index (χ2v) is 7.38. The van der Waals surface area contributed by atoms with Gasteiger partial charge in [-0.3, -0.25) is 0 Å². The molecule has 1 saturated heterocycles. The molecule has 0 amide bonds. The molecule has 1 aromatic carbocycles. The Hall–Kier alpha value is -1.18. The summed E-state index contributed by atoms with van der Waals surface area (Å²) < 4.78 is 43.4. The first-order valence-corrected chi connectivity index (χ1v) is 8.71. The maximum atomic E-state index is 13.3. The number of halogens is 1. The Bertz CT molecular complexity index is 591. The van der Waals surface area contributed by atoms with E-state index in [-0.39, 0.29) is 12.5 Å². The van der Waals surface area contributed by atoms with Crippen LogP contribution in [0.4, 0.5) is 4.39 Å². The largest absolute Gasteiger partial charge is 0.493 e. The minimum Gasteiger partial charge on any atom is -0.493 e. The first-order valence-electron chi connectivity index (χ1n) is 6.86. The van der Waals surface area contributed by atoms with Gasteiger partial charge in [-0.1, -0.05) is 0 Å². The molecular formula is C14H20FNO4S. The molecule has 0 saturated carbocycles. The summed E-state index contributed by atoms with van der Waals surface area (Å²) in [6.45, 7) is 1.06. The van der Waals surface area contributed by atoms with Crippen LogP contribution in [-0.2, 0) is 16.6 Å². The fourth-order valence-corrected chi connectivity index (χ4v) is 3.42. The predicted octanol–water partition coefficient (Wildman–Crippen LogP) is 1.37. The molecule has 1 aliphatic rings. The summed E-state index contributed by atoms with van der Waals surface area (Å²) in [5.41, 5.74) is 0.450. The summed E-state index contributed by atoms with van der Waals surface area (Å²) in [5, 5.41) is 9.03. The van der Waals surface area contributed by atoms with E-state index in [2.05, 4.69) is 0 Å². The molecule has 0 radical (unpaired) electrons. The normalized spacial score (nSPS) is 20.4. The predicted molar refractivity (Wildman–Crippen MR) is 77.0 cm³/mol. The third kappa shape index (κ3) is 4.66. The number of benzene rings is 1. The van der Waals surface area contributed by atoms with E-state index in [0.29, 0.717) is 31.0 Å². The minimum absolute atomic E-state index is 0.0920. The summed E-state index contributed by atoms with van der Waals surface area (Å²) in [6, 6.07) is 4.09. The zero-order valence-electron chi connectivity index (χ0n) is 12.0. The van der Waals surface area contributed by atoms with Gasteiger partial charge in [0.05, 0.1) is 19.5 Å². The molecule has 1 fully saturated rings. The van der Waals surface area contributed by atoms with Crippen LogP contribution in [0.3, 0.4) is 0 Å². The zero-order chi connectivity index (χ0) is 15.5. The molecule has 1 aromatic rings. The van der Waals surface area contributed by atoms with Crippen LogP contribution in [-0.4, -0.2) is 43.8 Å². The highest BCUT2D eigenvalue weighted by Gasteiger charge is 2.26. The van der Waals surface area contributed by atoms with Gasteiger partial charge in [-0.05, 0) is 30.5 Å². The lowest BCUT2D eigenvalue weighted by Gasteiger charge is -2.30. The van der Waals surface area contributed by atoms with Crippen molar-refractivity contribution in [3.05, 3.63) is 29.6 Å². The number of hydrogen-bond acceptors (Lipinski definition) is 4. The second-order valence-electron chi connectivity index (χ2n) is 5.39. The number of hydrogen-bond donors (Lipinski definition) is 1. The molecular weight excluding hydrogens is 297 g/mol. The molecule has 2 rings (SSSR count). The van der Waals surface area contributed by atoms with Crippen LogP contribution in [0.25, 0.3) is 0 Å². The molecule has 0 aliphatic carbocycles. The number of piperidine rings is 1. The molecule has 1 aliphatic heterocycles. The molecule has 7 heteroatoms. The third-order valence-corrected chi connectivity index (χ3v) is 4.82. The smallest absolute Gasteiger partial charge is 0.211 e. The Kier molecular flexibility index (Phi) is 5.18. The maximum Gasteiger partial charge on any atom is 0.211 e. The van der Waals surface area contributed by atoms with Gasteiger partial charge in [0.1, 0.15) is 11.6 Å². The SMILES string of the molecule is CS(=O)(=O)N1CCCC(COc2cc(F)cc(CO)c2)C1. The fourth-order valence-electron chi connectivity index (χ4n) is 2.47. The van der Waals surface area contributed by atoms with Crippen molar-refractivity contribution < 1.29 is 22.7 Å². The quantitative estimate of drug-likeness (QED) is 0.891. The third-order valence-electron chi connectivity index (χ3n) is 3.55. The van der Waals surface area contributed by atoms with Gasteiger partial charge < -0.3 is 9.84 Å². The highest BCUT2D eigenvalue weighted by molar-refractivity contribution is 7.88. The van der Waals surface area contributed by atoms with Crippen LogP contribution in [0.15, 0.2) is 18.2 Å². The Morgan fingerprint density at radius 2 is 2.19 bits per heavy atom. The van der Waals surface area contributed by atoms with Crippen molar-refractivity contribution >= 4 is 10.0 Å². The first kappa shape index (κ1) is 16.2. The summed E-state index contributed by atoms with van der Waals surface area (Å²) in [7, 11) is -3.17. The fraction of sp³-hybridized carbons (Fsp3) is 0.571. The van der Waals surface area contributed by atoms with Crippen molar-refractivity contribution in [2.24, 2.45) is 5.92 Å². The molecule has 1 heterocycles. The van der Waals surface area contributed by atoms with Crippen LogP contribution in [0.2, 0.25) is 0 Å². The van der Waals surface area contributed by atoms with Crippen LogP contribution in [0.1, 0.15) is 18.4 Å². The molecule has 5 nitrogen and oxygen atoms in total. The Morgan fingerprint density at radius 1 is 1.43 bits per heavy atom. The molecule has 1 unspecified atom stereocenters. The van der Waals surface area contributed by atoms with Crippen LogP contribution in [0.5, 0.6) is 5.75 Å². The molecule has 0 bridgehead atoms. The average Bonchev–Trinajstić information content (AvgIpc) is 2.44. The number of sulfonamides is 1. The second kappa shape index (κ2) is 6.72. The van der Waals surface area contributed by atoms with Crippen LogP contribution in [0, 0.1) is 11.7 Å². The Morgan fingerprint density at radius 3 is 2.86 bits per heavy atom. The lowest BCUT2D eigenvalue weighted by molar-refractivity contribution is 0.180. The van der Waals surface area contributed by atoms with Gasteiger partial charge in [-0.15, -0.1) is 0 Å². The Labute approximate surface area is 124 Å². The summed E-state index contributed by atoms with van der Waals surface area (Å²) in [4.78, 5) is 0. The lowest BCUT2D eigenvalue weighted by atomic mass is 10.0. The van der Waals surface area contributed by atoms with E-state index in [9.17, 15) is 12.8 Å². The van der Waals surface area contributed by atoms with Crippen LogP contribution >= 0.6 is 0 Å². The molecule has 0 spiro atoms. The van der Waals surface area contributed by atoms with Gasteiger partial charge in [0, 0.05) is 25.1 Å². The number of nitrogens with zero attached hydrogens (tertiary/aromatic N) is 1. The van der Waals surface area contributed by atoms with Gasteiger partial charge in [0.25, 0.3) is 0 Å². The zero-order valence-corrected chi connectivity index (χ0v) is 12.8. The van der Waals surface area contributed by atoms with E-state index >= 15 is 0 Å². The number of ether oxygens (including phenoxy) is 1. The standard InChI is InChI=1S/C14H20FNO4S/c1-21(18,19)16-4-2-3-11(8-16)10-20-14-6-12(9-17)5-13(15)7-14/h5-7,11,17H,2-4,8-10H2,1H3. The van der Waals surface area contributed by atoms with E-state index in [1.807, 2.05) is 0 Å². The van der Waals surface area contributed by atoms with Gasteiger partial charge in [-0.25, -0.2) is 17.1 Å². The summed E-state index contributed by atoms with van der Waals surface area (Å²) in [5.74, 6) is -0.0113. The maximum absolute atomic E-state index is 13.3. The molecule has 21 heavy (non-hydrogen) atoms. The van der Waals surface area contributed by atoms with Gasteiger partial charge in [-0.2, -0.15) is 0 Å². The number of aliphatic hydroxyl groups excluding tert-OH is 1. The van der Waals surface area contributed by atoms with E-state index < -0.39 is 15.8 Å². The van der Waals surface area contributed by atoms with Gasteiger partial charge in [0.15, 0.2) is 0 Å². The van der Waals surface area contributed by atoms with Crippen molar-refractivity contribution in [3.8, 4) is 5.75 Å². The molecule has 0 aromatic heterocycles. The first-order chi connectivity index (χ1) is 9.88. The van der Waals surface area contributed by atoms with Crippen molar-refractivity contribution in [1.82, 2.24) is 4.31 Å². The monoisotopic (exact) mass is 317 g/mol. The van der Waals surface area contributed by atoms with E-state index in [0.717, 1.165) is 12.8 Å². The summed E-state index contributed by atoms with van der Waals surface area (Å²) >= 11 is 0. The van der Waals surface area contributed by atoms with E-state index in [4.69, 9.17) is 9.84 Å². The lowest BCUT2D eigenvalue weighted by Crippen LogP contribution is -2.40. The molecule has 1 atom stereocenters. The van der Waals surface area contributed by atoms with Crippen molar-refractivity contribution in [2.75, 3.05) is 26.0 Å². The molecule has 1 N–H and O–H groups in total. The van der Waals surface area contributed by atoms with E-state index in [1.54, 1.807) is 6.07 Å². The highest BCUT2D eigenvalue weighted by Crippen LogP contribution is 2.22. The molecule has 118 valence electrons. The van der Waals surface area contributed by atoms with Crippen molar-refractivity contribution in [2.45, 2.75) is 19.4 Å². The minimum atomic E-state index is -3.17. The van der Waals surface area contributed by atoms with Gasteiger partial charge >= 0.3 is 0 Å². The summed E-state index contributed by atoms with van der Waals surface area (Å²) in [6.07, 6.45) is 2.89. The number of aliphatic hydroxyl groups is 1. The van der Waals surface area contributed by atoms with Gasteiger partial charge in [0.2, 0.25) is 10.0 Å².